The second kappa shape index (κ2) is 5.77. The number of anilines is 1. The van der Waals surface area contributed by atoms with Gasteiger partial charge in [-0.05, 0) is 19.1 Å². The van der Waals surface area contributed by atoms with Crippen LogP contribution in [0, 0.1) is 0 Å². The monoisotopic (exact) mass is 255 g/mol. The molecule has 0 saturated heterocycles. The zero-order valence-electron chi connectivity index (χ0n) is 9.69. The smallest absolute Gasteiger partial charge is 0.190 e. The predicted octanol–water partition coefficient (Wildman–Crippen LogP) is 3.27. The number of thioether (sulfide) groups is 2. The van der Waals surface area contributed by atoms with Crippen LogP contribution in [0.4, 0.5) is 5.82 Å². The summed E-state index contributed by atoms with van der Waals surface area (Å²) >= 11 is 3.50. The third-order valence-electron chi connectivity index (χ3n) is 2.71. The molecular formula is C11H17N3S2. The Hall–Kier alpha value is -0.420. The minimum absolute atomic E-state index is 0.759. The van der Waals surface area contributed by atoms with Gasteiger partial charge in [-0.25, -0.2) is 9.97 Å². The van der Waals surface area contributed by atoms with Gasteiger partial charge in [-0.15, -0.1) is 11.8 Å². The van der Waals surface area contributed by atoms with Gasteiger partial charge in [0.15, 0.2) is 5.16 Å². The summed E-state index contributed by atoms with van der Waals surface area (Å²) in [4.78, 5) is 8.91. The number of nitrogens with one attached hydrogen (secondary N) is 1. The first-order chi connectivity index (χ1) is 7.81. The van der Waals surface area contributed by atoms with E-state index in [1.807, 2.05) is 31.1 Å². The van der Waals surface area contributed by atoms with E-state index in [9.17, 15) is 0 Å². The summed E-state index contributed by atoms with van der Waals surface area (Å²) in [6, 6.07) is 2.04. The summed E-state index contributed by atoms with van der Waals surface area (Å²) < 4.78 is 0. The zero-order valence-corrected chi connectivity index (χ0v) is 11.3. The second-order valence-corrected chi connectivity index (χ2v) is 5.95. The maximum Gasteiger partial charge on any atom is 0.190 e. The molecule has 1 aliphatic carbocycles. The van der Waals surface area contributed by atoms with Crippen molar-refractivity contribution < 1.29 is 0 Å². The van der Waals surface area contributed by atoms with E-state index in [1.165, 1.54) is 25.7 Å². The highest BCUT2D eigenvalue weighted by atomic mass is 32.2. The fourth-order valence-electron chi connectivity index (χ4n) is 1.86. The number of aromatic nitrogens is 2. The van der Waals surface area contributed by atoms with Crippen molar-refractivity contribution in [2.24, 2.45) is 0 Å². The second-order valence-electron chi connectivity index (χ2n) is 3.85. The Kier molecular flexibility index (Phi) is 4.35. The van der Waals surface area contributed by atoms with Crippen LogP contribution < -0.4 is 5.32 Å². The fraction of sp³-hybridized carbons (Fsp3) is 0.636. The van der Waals surface area contributed by atoms with Crippen LogP contribution in [0.25, 0.3) is 0 Å². The summed E-state index contributed by atoms with van der Waals surface area (Å²) in [6.07, 6.45) is 7.42. The predicted molar refractivity (Wildman–Crippen MR) is 71.5 cm³/mol. The summed E-state index contributed by atoms with van der Waals surface area (Å²) in [5.74, 6) is 0.917. The first-order valence-electron chi connectivity index (χ1n) is 5.59. The van der Waals surface area contributed by atoms with Crippen molar-refractivity contribution in [3.8, 4) is 0 Å². The SMILES string of the molecule is CNc1cc(SC2CCCC2)nc(SC)n1. The highest BCUT2D eigenvalue weighted by Crippen LogP contribution is 2.34. The molecule has 0 aromatic carbocycles. The van der Waals surface area contributed by atoms with E-state index >= 15 is 0 Å². The third-order valence-corrected chi connectivity index (χ3v) is 4.51. The molecule has 1 aliphatic rings. The van der Waals surface area contributed by atoms with Gasteiger partial charge in [0, 0.05) is 18.4 Å². The molecule has 1 N–H and O–H groups in total. The van der Waals surface area contributed by atoms with Gasteiger partial charge in [-0.3, -0.25) is 0 Å². The molecule has 0 bridgehead atoms. The van der Waals surface area contributed by atoms with Crippen molar-refractivity contribution in [2.75, 3.05) is 18.6 Å². The Bertz CT molecular complexity index is 329. The van der Waals surface area contributed by atoms with Gasteiger partial charge in [-0.1, -0.05) is 24.6 Å². The van der Waals surface area contributed by atoms with Crippen LogP contribution in [0.15, 0.2) is 16.2 Å². The Morgan fingerprint density at radius 1 is 1.31 bits per heavy atom. The molecule has 1 aromatic heterocycles. The van der Waals surface area contributed by atoms with E-state index in [0.717, 1.165) is 21.3 Å². The largest absolute Gasteiger partial charge is 0.373 e. The molecule has 0 aliphatic heterocycles. The van der Waals surface area contributed by atoms with Crippen molar-refractivity contribution in [3.05, 3.63) is 6.07 Å². The molecule has 1 fully saturated rings. The number of nitrogens with zero attached hydrogens (tertiary/aromatic N) is 2. The van der Waals surface area contributed by atoms with E-state index in [2.05, 4.69) is 15.3 Å². The average Bonchev–Trinajstić information content (AvgIpc) is 2.81. The summed E-state index contributed by atoms with van der Waals surface area (Å²) in [7, 11) is 1.90. The van der Waals surface area contributed by atoms with Gasteiger partial charge in [0.05, 0.1) is 0 Å². The van der Waals surface area contributed by atoms with Crippen molar-refractivity contribution in [2.45, 2.75) is 41.1 Å². The van der Waals surface area contributed by atoms with Gasteiger partial charge < -0.3 is 5.32 Å². The molecule has 2 rings (SSSR count). The van der Waals surface area contributed by atoms with Crippen LogP contribution in [0.5, 0.6) is 0 Å². The van der Waals surface area contributed by atoms with Gasteiger partial charge >= 0.3 is 0 Å². The summed E-state index contributed by atoms with van der Waals surface area (Å²) in [5, 5.41) is 5.81. The quantitative estimate of drug-likeness (QED) is 0.508. The molecule has 5 heteroatoms. The van der Waals surface area contributed by atoms with Crippen molar-refractivity contribution in [3.63, 3.8) is 0 Å². The molecule has 0 amide bonds. The van der Waals surface area contributed by atoms with Gasteiger partial charge in [0.25, 0.3) is 0 Å². The summed E-state index contributed by atoms with van der Waals surface area (Å²) in [6.45, 7) is 0. The molecule has 1 aromatic rings. The standard InChI is InChI=1S/C11H17N3S2/c1-12-9-7-10(14-11(13-9)15-2)16-8-5-3-4-6-8/h7-8H,3-6H2,1-2H3,(H,12,13,14). The molecule has 1 saturated carbocycles. The van der Waals surface area contributed by atoms with Crippen LogP contribution >= 0.6 is 23.5 Å². The van der Waals surface area contributed by atoms with Crippen LogP contribution in [-0.2, 0) is 0 Å². The van der Waals surface area contributed by atoms with Gasteiger partial charge in [0.2, 0.25) is 0 Å². The zero-order chi connectivity index (χ0) is 11.4. The number of hydrogen-bond donors (Lipinski definition) is 1. The maximum atomic E-state index is 4.54. The topological polar surface area (TPSA) is 37.8 Å². The lowest BCUT2D eigenvalue weighted by molar-refractivity contribution is 0.870. The minimum Gasteiger partial charge on any atom is -0.373 e. The Morgan fingerprint density at radius 2 is 2.06 bits per heavy atom. The van der Waals surface area contributed by atoms with Crippen LogP contribution in [0.1, 0.15) is 25.7 Å². The first kappa shape index (κ1) is 12.0. The molecule has 0 radical (unpaired) electrons. The molecular weight excluding hydrogens is 238 g/mol. The lowest BCUT2D eigenvalue weighted by Crippen LogP contribution is -2.00. The van der Waals surface area contributed by atoms with E-state index in [4.69, 9.17) is 0 Å². The van der Waals surface area contributed by atoms with E-state index in [-0.39, 0.29) is 0 Å². The summed E-state index contributed by atoms with van der Waals surface area (Å²) in [5.41, 5.74) is 0. The van der Waals surface area contributed by atoms with E-state index < -0.39 is 0 Å². The van der Waals surface area contributed by atoms with Crippen molar-refractivity contribution in [1.29, 1.82) is 0 Å². The van der Waals surface area contributed by atoms with E-state index in [1.54, 1.807) is 11.8 Å². The van der Waals surface area contributed by atoms with Crippen LogP contribution in [-0.4, -0.2) is 28.5 Å². The van der Waals surface area contributed by atoms with Crippen molar-refractivity contribution >= 4 is 29.3 Å². The molecule has 1 heterocycles. The minimum atomic E-state index is 0.759. The average molecular weight is 255 g/mol. The molecule has 16 heavy (non-hydrogen) atoms. The lowest BCUT2D eigenvalue weighted by Gasteiger charge is -2.09. The molecule has 88 valence electrons. The van der Waals surface area contributed by atoms with Gasteiger partial charge in [0.1, 0.15) is 10.8 Å². The fourth-order valence-corrected chi connectivity index (χ4v) is 3.53. The molecule has 0 spiro atoms. The maximum absolute atomic E-state index is 4.54. The normalized spacial score (nSPS) is 16.6. The van der Waals surface area contributed by atoms with Gasteiger partial charge in [-0.2, -0.15) is 0 Å². The third kappa shape index (κ3) is 3.04. The Morgan fingerprint density at radius 3 is 2.69 bits per heavy atom. The van der Waals surface area contributed by atoms with Crippen LogP contribution in [0.2, 0.25) is 0 Å². The number of rotatable bonds is 4. The molecule has 0 atom stereocenters. The molecule has 0 unspecified atom stereocenters. The van der Waals surface area contributed by atoms with E-state index in [0.29, 0.717) is 0 Å². The van der Waals surface area contributed by atoms with Crippen LogP contribution in [0.3, 0.4) is 0 Å². The number of hydrogen-bond acceptors (Lipinski definition) is 5. The van der Waals surface area contributed by atoms with Crippen molar-refractivity contribution in [1.82, 2.24) is 9.97 Å². The lowest BCUT2D eigenvalue weighted by atomic mass is 10.4. The highest BCUT2D eigenvalue weighted by molar-refractivity contribution is 8.00. The first-order valence-corrected chi connectivity index (χ1v) is 7.69. The highest BCUT2D eigenvalue weighted by Gasteiger charge is 2.17. The Balaban J connectivity index is 2.12. The Labute approximate surface area is 105 Å². The molecule has 3 nitrogen and oxygen atoms in total.